The van der Waals surface area contributed by atoms with Crippen molar-refractivity contribution in [3.63, 3.8) is 0 Å². The van der Waals surface area contributed by atoms with E-state index in [1.807, 2.05) is 26.8 Å². The monoisotopic (exact) mass is 537 g/mol. The second-order valence-corrected chi connectivity index (χ2v) is 10.8. The maximum atomic E-state index is 14.0. The van der Waals surface area contributed by atoms with Crippen LogP contribution in [0.25, 0.3) is 10.9 Å². The number of aromatic nitrogens is 4. The van der Waals surface area contributed by atoms with Crippen LogP contribution in [0.15, 0.2) is 12.1 Å². The van der Waals surface area contributed by atoms with Gasteiger partial charge in [-0.3, -0.25) is 9.89 Å². The summed E-state index contributed by atoms with van der Waals surface area (Å²) in [6.07, 6.45) is -4.07. The van der Waals surface area contributed by atoms with Crippen molar-refractivity contribution in [3.8, 4) is 0 Å². The average molecular weight is 538 g/mol. The number of aromatic amines is 1. The molecule has 0 radical (unpaired) electrons. The summed E-state index contributed by atoms with van der Waals surface area (Å²) in [5.41, 5.74) is 0.600. The molecule has 0 unspecified atom stereocenters. The Kier molecular flexibility index (Phi) is 7.06. The minimum atomic E-state index is -2.97. The van der Waals surface area contributed by atoms with E-state index in [9.17, 15) is 18.4 Å². The molecule has 0 saturated carbocycles. The highest BCUT2D eigenvalue weighted by molar-refractivity contribution is 6.32. The second kappa shape index (κ2) is 9.81. The third kappa shape index (κ3) is 5.20. The number of amides is 2. The highest BCUT2D eigenvalue weighted by atomic mass is 35.5. The summed E-state index contributed by atoms with van der Waals surface area (Å²) >= 11 is 6.46. The lowest BCUT2D eigenvalue weighted by atomic mass is 9.86. The fraction of sp³-hybridized carbons (Fsp3) is 0.500. The van der Waals surface area contributed by atoms with Gasteiger partial charge < -0.3 is 25.2 Å². The molecule has 4 rings (SSSR count). The van der Waals surface area contributed by atoms with Crippen LogP contribution in [0.4, 0.5) is 19.4 Å². The molecular formula is C24H30ClF2N7O3. The predicted molar refractivity (Wildman–Crippen MR) is 136 cm³/mol. The molecule has 1 aliphatic rings. The van der Waals surface area contributed by atoms with E-state index < -0.39 is 30.2 Å². The highest BCUT2D eigenvalue weighted by Gasteiger charge is 2.35. The fourth-order valence-electron chi connectivity index (χ4n) is 4.45. The van der Waals surface area contributed by atoms with E-state index in [1.165, 1.54) is 4.57 Å². The molecule has 3 aromatic rings. The van der Waals surface area contributed by atoms with Crippen LogP contribution in [-0.2, 0) is 12.0 Å². The average Bonchev–Trinajstić information content (AvgIpc) is 3.33. The van der Waals surface area contributed by atoms with Crippen LogP contribution < -0.4 is 10.6 Å². The van der Waals surface area contributed by atoms with Gasteiger partial charge in [0.1, 0.15) is 17.2 Å². The van der Waals surface area contributed by atoms with E-state index in [1.54, 1.807) is 19.9 Å². The summed E-state index contributed by atoms with van der Waals surface area (Å²) in [6, 6.07) is 2.94. The zero-order valence-corrected chi connectivity index (χ0v) is 22.0. The number of fused-ring (bicyclic) bond motifs is 1. The summed E-state index contributed by atoms with van der Waals surface area (Å²) in [6.45, 7) is 9.93. The molecule has 0 spiro atoms. The number of carbonyl (C=O) groups excluding carboxylic acids is 1. The molecule has 0 atom stereocenters. The van der Waals surface area contributed by atoms with Gasteiger partial charge >= 0.3 is 6.09 Å². The number of carboxylic acid groups (broad SMARTS) is 1. The molecule has 1 fully saturated rings. The first-order valence-electron chi connectivity index (χ1n) is 11.9. The Labute approximate surface area is 217 Å². The van der Waals surface area contributed by atoms with Crippen LogP contribution in [0.3, 0.4) is 0 Å². The molecule has 2 aromatic heterocycles. The number of alkyl halides is 2. The van der Waals surface area contributed by atoms with Gasteiger partial charge in [-0.1, -0.05) is 32.4 Å². The Hall–Kier alpha value is -3.41. The standard InChI is InChI=1S/C24H30ClF2N7O3/c1-11(2)34-17(8-28-21-13-6-14(24(3,4)5)15(25)7-16(13)31-32-21)30-18(20(26)27)19(34)22(35)29-12-9-33(10-12)23(36)37/h6-7,11-12,20H,8-10H2,1-5H3,(H,29,35)(H,36,37)(H2,28,31,32). The molecule has 13 heteroatoms. The molecule has 2 amide bonds. The summed E-state index contributed by atoms with van der Waals surface area (Å²) in [5.74, 6) is 0.0353. The van der Waals surface area contributed by atoms with E-state index in [2.05, 4.69) is 25.8 Å². The number of imidazole rings is 1. The van der Waals surface area contributed by atoms with Gasteiger partial charge in [-0.05, 0) is 37.0 Å². The highest BCUT2D eigenvalue weighted by Crippen LogP contribution is 2.35. The van der Waals surface area contributed by atoms with Crippen molar-refractivity contribution in [3.05, 3.63) is 39.9 Å². The third-order valence-corrected chi connectivity index (χ3v) is 6.62. The largest absolute Gasteiger partial charge is 0.465 e. The van der Waals surface area contributed by atoms with Crippen molar-refractivity contribution in [1.29, 1.82) is 0 Å². The molecule has 200 valence electrons. The maximum Gasteiger partial charge on any atom is 0.407 e. The molecular weight excluding hydrogens is 508 g/mol. The molecule has 1 aromatic carbocycles. The zero-order valence-electron chi connectivity index (χ0n) is 21.2. The van der Waals surface area contributed by atoms with Gasteiger partial charge in [0.25, 0.3) is 12.3 Å². The second-order valence-electron chi connectivity index (χ2n) is 10.4. The molecule has 0 aliphatic carbocycles. The number of nitrogens with zero attached hydrogens (tertiary/aromatic N) is 4. The number of hydrogen-bond donors (Lipinski definition) is 4. The summed E-state index contributed by atoms with van der Waals surface area (Å²) in [5, 5.41) is 23.4. The Bertz CT molecular complexity index is 1340. The first-order valence-corrected chi connectivity index (χ1v) is 12.3. The summed E-state index contributed by atoms with van der Waals surface area (Å²) in [4.78, 5) is 29.3. The van der Waals surface area contributed by atoms with Gasteiger partial charge in [-0.25, -0.2) is 18.6 Å². The number of carbonyl (C=O) groups is 2. The van der Waals surface area contributed by atoms with Crippen molar-refractivity contribution in [2.75, 3.05) is 18.4 Å². The van der Waals surface area contributed by atoms with Gasteiger partial charge in [-0.15, -0.1) is 0 Å². The Balaban J connectivity index is 1.62. The lowest BCUT2D eigenvalue weighted by Gasteiger charge is -2.37. The summed E-state index contributed by atoms with van der Waals surface area (Å²) < 4.78 is 29.4. The Morgan fingerprint density at radius 2 is 1.95 bits per heavy atom. The van der Waals surface area contributed by atoms with E-state index in [0.717, 1.165) is 21.4 Å². The predicted octanol–water partition coefficient (Wildman–Crippen LogP) is 4.93. The van der Waals surface area contributed by atoms with Gasteiger partial charge in [0.2, 0.25) is 0 Å². The van der Waals surface area contributed by atoms with Gasteiger partial charge in [0.05, 0.1) is 18.1 Å². The molecule has 10 nitrogen and oxygen atoms in total. The molecule has 1 saturated heterocycles. The first kappa shape index (κ1) is 26.6. The molecule has 4 N–H and O–H groups in total. The van der Waals surface area contributed by atoms with Gasteiger partial charge in [-0.2, -0.15) is 5.10 Å². The smallest absolute Gasteiger partial charge is 0.407 e. The lowest BCUT2D eigenvalue weighted by Crippen LogP contribution is -2.60. The van der Waals surface area contributed by atoms with Crippen LogP contribution in [0, 0.1) is 0 Å². The molecule has 0 bridgehead atoms. The minimum absolute atomic E-state index is 0.0365. The SMILES string of the molecule is CC(C)n1c(CNc2n[nH]c3cc(Cl)c(C(C)(C)C)cc23)nc(C(F)F)c1C(=O)NC1CN(C(=O)O)C1. The van der Waals surface area contributed by atoms with Crippen molar-refractivity contribution in [2.24, 2.45) is 0 Å². The lowest BCUT2D eigenvalue weighted by molar-refractivity contribution is 0.0751. The van der Waals surface area contributed by atoms with E-state index >= 15 is 0 Å². The number of likely N-dealkylation sites (tertiary alicyclic amines) is 1. The van der Waals surface area contributed by atoms with Crippen LogP contribution in [0.5, 0.6) is 0 Å². The first-order chi connectivity index (χ1) is 17.3. The summed E-state index contributed by atoms with van der Waals surface area (Å²) in [7, 11) is 0. The van der Waals surface area contributed by atoms with Gasteiger partial charge in [0.15, 0.2) is 5.82 Å². The minimum Gasteiger partial charge on any atom is -0.465 e. The van der Waals surface area contributed by atoms with Crippen molar-refractivity contribution >= 4 is 40.3 Å². The number of hydrogen-bond acceptors (Lipinski definition) is 5. The van der Waals surface area contributed by atoms with Crippen LogP contribution in [0.1, 0.15) is 74.7 Å². The molecule has 37 heavy (non-hydrogen) atoms. The van der Waals surface area contributed by atoms with Crippen LogP contribution >= 0.6 is 11.6 Å². The van der Waals surface area contributed by atoms with Gasteiger partial charge in [0, 0.05) is 29.5 Å². The number of halogens is 3. The van der Waals surface area contributed by atoms with Crippen molar-refractivity contribution < 1.29 is 23.5 Å². The van der Waals surface area contributed by atoms with E-state index in [4.69, 9.17) is 16.7 Å². The van der Waals surface area contributed by atoms with Crippen molar-refractivity contribution in [2.45, 2.75) is 65.1 Å². The molecule has 1 aliphatic heterocycles. The fourth-order valence-corrected chi connectivity index (χ4v) is 4.89. The Morgan fingerprint density at radius 1 is 1.27 bits per heavy atom. The maximum absolute atomic E-state index is 14.0. The normalized spacial score (nSPS) is 14.5. The number of H-pyrrole nitrogens is 1. The van der Waals surface area contributed by atoms with Crippen LogP contribution in [0.2, 0.25) is 5.02 Å². The Morgan fingerprint density at radius 3 is 2.51 bits per heavy atom. The number of benzene rings is 1. The number of nitrogens with one attached hydrogen (secondary N) is 3. The topological polar surface area (TPSA) is 128 Å². The number of anilines is 1. The number of rotatable bonds is 7. The van der Waals surface area contributed by atoms with E-state index in [0.29, 0.717) is 10.8 Å². The van der Waals surface area contributed by atoms with Crippen LogP contribution in [-0.4, -0.2) is 60.9 Å². The molecule has 3 heterocycles. The quantitative estimate of drug-likeness (QED) is 0.338. The van der Waals surface area contributed by atoms with E-state index in [-0.39, 0.29) is 42.6 Å². The third-order valence-electron chi connectivity index (χ3n) is 6.31. The zero-order chi connectivity index (χ0) is 27.2. The van der Waals surface area contributed by atoms with Crippen molar-refractivity contribution in [1.82, 2.24) is 30.0 Å².